The Bertz CT molecular complexity index is 888. The molecule has 0 aliphatic carbocycles. The summed E-state index contributed by atoms with van der Waals surface area (Å²) in [6.45, 7) is 5.92. The fourth-order valence-electron chi connectivity index (χ4n) is 2.30. The largest absolute Gasteiger partial charge is 0.320 e. The van der Waals surface area contributed by atoms with Crippen LogP contribution in [-0.2, 0) is 0 Å². The first kappa shape index (κ1) is 16.1. The summed E-state index contributed by atoms with van der Waals surface area (Å²) >= 11 is 1.37. The van der Waals surface area contributed by atoms with Crippen LogP contribution in [0.2, 0.25) is 0 Å². The van der Waals surface area contributed by atoms with E-state index in [2.05, 4.69) is 20.6 Å². The van der Waals surface area contributed by atoms with Crippen LogP contribution in [0.4, 0.5) is 16.6 Å². The molecule has 0 aliphatic rings. The Kier molecular flexibility index (Phi) is 4.57. The number of carbonyl (C=O) groups excluding carboxylic acids is 1. The van der Waals surface area contributed by atoms with Crippen molar-refractivity contribution in [3.63, 3.8) is 0 Å². The summed E-state index contributed by atoms with van der Waals surface area (Å²) < 4.78 is 0. The van der Waals surface area contributed by atoms with E-state index in [0.29, 0.717) is 16.6 Å². The van der Waals surface area contributed by atoms with Crippen LogP contribution >= 0.6 is 11.3 Å². The third kappa shape index (κ3) is 3.78. The second kappa shape index (κ2) is 6.80. The zero-order valence-electron chi connectivity index (χ0n) is 13.8. The van der Waals surface area contributed by atoms with Gasteiger partial charge in [0.15, 0.2) is 5.13 Å². The fraction of sp³-hybridized carbons (Fsp3) is 0.167. The Morgan fingerprint density at radius 1 is 1.08 bits per heavy atom. The SMILES string of the molecule is Cc1ccc(NC(=O)c2csc(Nc3cccc(C)n3)n2)c(C)c1. The summed E-state index contributed by atoms with van der Waals surface area (Å²) in [6.07, 6.45) is 0. The normalized spacial score (nSPS) is 10.5. The molecule has 24 heavy (non-hydrogen) atoms. The number of nitrogens with zero attached hydrogens (tertiary/aromatic N) is 2. The number of thiazole rings is 1. The van der Waals surface area contributed by atoms with Gasteiger partial charge in [0, 0.05) is 16.8 Å². The lowest BCUT2D eigenvalue weighted by molar-refractivity contribution is 0.102. The van der Waals surface area contributed by atoms with E-state index in [4.69, 9.17) is 0 Å². The predicted octanol–water partition coefficient (Wildman–Crippen LogP) is 4.46. The molecule has 122 valence electrons. The zero-order valence-corrected chi connectivity index (χ0v) is 14.6. The molecular formula is C18H18N4OS. The van der Waals surface area contributed by atoms with Gasteiger partial charge in [-0.2, -0.15) is 0 Å². The highest BCUT2D eigenvalue weighted by Crippen LogP contribution is 2.22. The first-order chi connectivity index (χ1) is 11.5. The lowest BCUT2D eigenvalue weighted by Gasteiger charge is -2.07. The van der Waals surface area contributed by atoms with Crippen LogP contribution in [0.3, 0.4) is 0 Å². The number of pyridine rings is 1. The van der Waals surface area contributed by atoms with Crippen LogP contribution in [-0.4, -0.2) is 15.9 Å². The molecule has 2 aromatic heterocycles. The maximum Gasteiger partial charge on any atom is 0.275 e. The second-order valence-corrected chi connectivity index (χ2v) is 6.46. The number of anilines is 3. The topological polar surface area (TPSA) is 66.9 Å². The number of aryl methyl sites for hydroxylation is 3. The number of hydrogen-bond donors (Lipinski definition) is 2. The van der Waals surface area contributed by atoms with E-state index in [1.165, 1.54) is 11.3 Å². The fourth-order valence-corrected chi connectivity index (χ4v) is 3.00. The van der Waals surface area contributed by atoms with Crippen LogP contribution in [0.25, 0.3) is 0 Å². The van der Waals surface area contributed by atoms with E-state index in [1.54, 1.807) is 5.38 Å². The Labute approximate surface area is 144 Å². The second-order valence-electron chi connectivity index (χ2n) is 5.60. The van der Waals surface area contributed by atoms with E-state index >= 15 is 0 Å². The molecule has 2 heterocycles. The molecule has 0 saturated heterocycles. The van der Waals surface area contributed by atoms with Crippen molar-refractivity contribution in [1.82, 2.24) is 9.97 Å². The van der Waals surface area contributed by atoms with E-state index < -0.39 is 0 Å². The minimum atomic E-state index is -0.219. The van der Waals surface area contributed by atoms with Crippen molar-refractivity contribution in [3.05, 3.63) is 64.3 Å². The number of hydrogen-bond acceptors (Lipinski definition) is 5. The van der Waals surface area contributed by atoms with Gasteiger partial charge in [-0.1, -0.05) is 23.8 Å². The van der Waals surface area contributed by atoms with Gasteiger partial charge in [-0.25, -0.2) is 9.97 Å². The smallest absolute Gasteiger partial charge is 0.275 e. The van der Waals surface area contributed by atoms with Gasteiger partial charge in [0.1, 0.15) is 11.5 Å². The van der Waals surface area contributed by atoms with E-state index in [-0.39, 0.29) is 5.91 Å². The van der Waals surface area contributed by atoms with Gasteiger partial charge >= 0.3 is 0 Å². The molecule has 0 radical (unpaired) electrons. The van der Waals surface area contributed by atoms with Crippen LogP contribution < -0.4 is 10.6 Å². The molecule has 0 atom stereocenters. The molecule has 5 nitrogen and oxygen atoms in total. The maximum atomic E-state index is 12.4. The third-order valence-corrected chi connectivity index (χ3v) is 4.25. The van der Waals surface area contributed by atoms with Crippen molar-refractivity contribution in [2.45, 2.75) is 20.8 Å². The van der Waals surface area contributed by atoms with Crippen LogP contribution in [0.1, 0.15) is 27.3 Å². The van der Waals surface area contributed by atoms with Crippen molar-refractivity contribution in [3.8, 4) is 0 Å². The van der Waals surface area contributed by atoms with E-state index in [0.717, 1.165) is 22.5 Å². The lowest BCUT2D eigenvalue weighted by Crippen LogP contribution is -2.13. The number of carbonyl (C=O) groups is 1. The Hall–Kier alpha value is -2.73. The summed E-state index contributed by atoms with van der Waals surface area (Å²) in [5.41, 5.74) is 4.30. The monoisotopic (exact) mass is 338 g/mol. The number of benzene rings is 1. The van der Waals surface area contributed by atoms with Gasteiger partial charge in [0.25, 0.3) is 5.91 Å². The van der Waals surface area contributed by atoms with Gasteiger partial charge in [-0.05, 0) is 44.5 Å². The van der Waals surface area contributed by atoms with Gasteiger partial charge in [-0.15, -0.1) is 11.3 Å². The Balaban J connectivity index is 1.71. The van der Waals surface area contributed by atoms with Gasteiger partial charge < -0.3 is 10.6 Å². The van der Waals surface area contributed by atoms with E-state index in [1.807, 2.05) is 57.2 Å². The first-order valence-corrected chi connectivity index (χ1v) is 8.44. The van der Waals surface area contributed by atoms with Crippen molar-refractivity contribution >= 4 is 33.9 Å². The zero-order chi connectivity index (χ0) is 17.1. The van der Waals surface area contributed by atoms with E-state index in [9.17, 15) is 4.79 Å². The molecule has 1 aromatic carbocycles. The molecule has 3 aromatic rings. The van der Waals surface area contributed by atoms with Gasteiger partial charge in [0.2, 0.25) is 0 Å². The van der Waals surface area contributed by atoms with Crippen molar-refractivity contribution in [2.75, 3.05) is 10.6 Å². The van der Waals surface area contributed by atoms with Crippen LogP contribution in [0, 0.1) is 20.8 Å². The minimum Gasteiger partial charge on any atom is -0.320 e. The number of amides is 1. The summed E-state index contributed by atoms with van der Waals surface area (Å²) in [5, 5.41) is 8.39. The third-order valence-electron chi connectivity index (χ3n) is 3.49. The number of rotatable bonds is 4. The summed E-state index contributed by atoms with van der Waals surface area (Å²) in [5.74, 6) is 0.495. The molecular weight excluding hydrogens is 320 g/mol. The minimum absolute atomic E-state index is 0.219. The summed E-state index contributed by atoms with van der Waals surface area (Å²) in [7, 11) is 0. The molecule has 0 fully saturated rings. The average molecular weight is 338 g/mol. The number of nitrogens with one attached hydrogen (secondary N) is 2. The number of aromatic nitrogens is 2. The highest BCUT2D eigenvalue weighted by Gasteiger charge is 2.12. The Morgan fingerprint density at radius 3 is 2.67 bits per heavy atom. The standard InChI is InChI=1S/C18H18N4OS/c1-11-7-8-14(12(2)9-11)20-17(23)15-10-24-18(21-15)22-16-6-4-5-13(3)19-16/h4-10H,1-3H3,(H,20,23)(H,19,21,22). The van der Waals surface area contributed by atoms with Crippen molar-refractivity contribution in [2.24, 2.45) is 0 Å². The molecule has 0 bridgehead atoms. The quantitative estimate of drug-likeness (QED) is 0.737. The molecule has 0 saturated carbocycles. The molecule has 1 amide bonds. The molecule has 0 aliphatic heterocycles. The molecule has 6 heteroatoms. The summed E-state index contributed by atoms with van der Waals surface area (Å²) in [4.78, 5) is 21.1. The van der Waals surface area contributed by atoms with Crippen molar-refractivity contribution in [1.29, 1.82) is 0 Å². The van der Waals surface area contributed by atoms with Crippen molar-refractivity contribution < 1.29 is 4.79 Å². The Morgan fingerprint density at radius 2 is 1.92 bits per heavy atom. The molecule has 2 N–H and O–H groups in total. The lowest BCUT2D eigenvalue weighted by atomic mass is 10.1. The van der Waals surface area contributed by atoms with Gasteiger partial charge in [0.05, 0.1) is 0 Å². The molecule has 3 rings (SSSR count). The highest BCUT2D eigenvalue weighted by molar-refractivity contribution is 7.14. The first-order valence-electron chi connectivity index (χ1n) is 7.56. The van der Waals surface area contributed by atoms with Crippen LogP contribution in [0.5, 0.6) is 0 Å². The van der Waals surface area contributed by atoms with Gasteiger partial charge in [-0.3, -0.25) is 4.79 Å². The van der Waals surface area contributed by atoms with Crippen LogP contribution in [0.15, 0.2) is 41.8 Å². The highest BCUT2D eigenvalue weighted by atomic mass is 32.1. The average Bonchev–Trinajstić information content (AvgIpc) is 2.98. The predicted molar refractivity (Wildman–Crippen MR) is 98.2 cm³/mol. The molecule has 0 spiro atoms. The maximum absolute atomic E-state index is 12.4. The molecule has 0 unspecified atom stereocenters. The summed E-state index contributed by atoms with van der Waals surface area (Å²) in [6, 6.07) is 11.6.